The van der Waals surface area contributed by atoms with E-state index in [4.69, 9.17) is 9.47 Å². The van der Waals surface area contributed by atoms with Crippen LogP contribution in [0.3, 0.4) is 0 Å². The van der Waals surface area contributed by atoms with Gasteiger partial charge in [-0.2, -0.15) is 0 Å². The molecule has 3 aromatic rings. The van der Waals surface area contributed by atoms with Crippen LogP contribution in [0.5, 0.6) is 11.5 Å². The Bertz CT molecular complexity index is 976. The predicted octanol–water partition coefficient (Wildman–Crippen LogP) is 2.54. The minimum Gasteiger partial charge on any atom is -0.454 e. The summed E-state index contributed by atoms with van der Waals surface area (Å²) in [5.41, 5.74) is 1.93. The van der Waals surface area contributed by atoms with Gasteiger partial charge in [0, 0.05) is 10.4 Å². The highest BCUT2D eigenvalue weighted by molar-refractivity contribution is 7.10. The summed E-state index contributed by atoms with van der Waals surface area (Å²) < 4.78 is 24.1. The third kappa shape index (κ3) is 4.75. The number of carbonyl (C=O) groups excluding carboxylic acids is 1. The molecule has 2 aromatic carbocycles. The zero-order valence-corrected chi connectivity index (χ0v) is 16.8. The van der Waals surface area contributed by atoms with Crippen molar-refractivity contribution < 1.29 is 23.6 Å². The first-order chi connectivity index (χ1) is 14.1. The number of benzene rings is 2. The van der Waals surface area contributed by atoms with Crippen molar-refractivity contribution in [2.24, 2.45) is 0 Å². The minimum absolute atomic E-state index is 0.0639. The zero-order chi connectivity index (χ0) is 20.2. The molecule has 0 radical (unpaired) electrons. The van der Waals surface area contributed by atoms with E-state index >= 15 is 0 Å². The summed E-state index contributed by atoms with van der Waals surface area (Å²) in [5.74, 6) is 1.14. The number of hydrogen-bond acceptors (Lipinski definition) is 4. The van der Waals surface area contributed by atoms with Gasteiger partial charge in [0.05, 0.1) is 13.1 Å². The van der Waals surface area contributed by atoms with Crippen molar-refractivity contribution in [2.45, 2.75) is 12.6 Å². The number of ether oxygens (including phenoxy) is 2. The average molecular weight is 413 g/mol. The van der Waals surface area contributed by atoms with Gasteiger partial charge in [-0.25, -0.2) is 4.39 Å². The Morgan fingerprint density at radius 3 is 2.72 bits per heavy atom. The van der Waals surface area contributed by atoms with Crippen molar-refractivity contribution >= 4 is 17.2 Å². The van der Waals surface area contributed by atoms with Gasteiger partial charge in [-0.3, -0.25) is 4.79 Å². The number of thiophene rings is 1. The van der Waals surface area contributed by atoms with Gasteiger partial charge in [-0.05, 0) is 47.3 Å². The molecule has 0 saturated heterocycles. The quantitative estimate of drug-likeness (QED) is 0.626. The molecule has 4 rings (SSSR count). The highest BCUT2D eigenvalue weighted by Gasteiger charge is 2.21. The van der Waals surface area contributed by atoms with Gasteiger partial charge < -0.3 is 19.7 Å². The molecule has 0 bridgehead atoms. The first kappa shape index (κ1) is 19.4. The van der Waals surface area contributed by atoms with Gasteiger partial charge in [0.1, 0.15) is 12.4 Å². The molecule has 2 heterocycles. The molecule has 29 heavy (non-hydrogen) atoms. The van der Waals surface area contributed by atoms with E-state index in [9.17, 15) is 9.18 Å². The molecule has 1 aromatic heterocycles. The van der Waals surface area contributed by atoms with Crippen LogP contribution in [0, 0.1) is 5.82 Å². The monoisotopic (exact) mass is 413 g/mol. The number of quaternary nitrogens is 1. The highest BCUT2D eigenvalue weighted by atomic mass is 32.1. The molecule has 2 atom stereocenters. The summed E-state index contributed by atoms with van der Waals surface area (Å²) >= 11 is 1.56. The van der Waals surface area contributed by atoms with Gasteiger partial charge in [-0.1, -0.05) is 18.2 Å². The normalized spacial score (nSPS) is 14.4. The molecule has 0 fully saturated rings. The van der Waals surface area contributed by atoms with Crippen LogP contribution < -0.4 is 19.7 Å². The van der Waals surface area contributed by atoms with Crippen LogP contribution >= 0.6 is 11.3 Å². The number of amides is 1. The van der Waals surface area contributed by atoms with E-state index in [-0.39, 0.29) is 24.6 Å². The fourth-order valence-corrected chi connectivity index (χ4v) is 4.18. The van der Waals surface area contributed by atoms with E-state index < -0.39 is 0 Å². The van der Waals surface area contributed by atoms with Crippen molar-refractivity contribution in [3.8, 4) is 11.5 Å². The van der Waals surface area contributed by atoms with Crippen LogP contribution in [0.1, 0.15) is 22.0 Å². The lowest BCUT2D eigenvalue weighted by Gasteiger charge is -2.20. The van der Waals surface area contributed by atoms with E-state index in [0.717, 1.165) is 32.4 Å². The van der Waals surface area contributed by atoms with Crippen molar-refractivity contribution in [1.82, 2.24) is 5.32 Å². The zero-order valence-electron chi connectivity index (χ0n) is 16.0. The Morgan fingerprint density at radius 2 is 1.97 bits per heavy atom. The highest BCUT2D eigenvalue weighted by Crippen LogP contribution is 2.32. The van der Waals surface area contributed by atoms with E-state index in [0.29, 0.717) is 13.1 Å². The standard InChI is InChI=1S/C22H21FN2O3S/c1-25(12-15-4-9-18-19(11-15)28-14-27-18)13-21(26)24-22(20-3-2-10-29-20)16-5-7-17(23)8-6-16/h2-11,22H,12-14H2,1H3,(H,24,26)/p+1/t22-/m1/s1. The molecule has 1 amide bonds. The summed E-state index contributed by atoms with van der Waals surface area (Å²) in [7, 11) is 1.97. The van der Waals surface area contributed by atoms with Gasteiger partial charge in [-0.15, -0.1) is 11.3 Å². The topological polar surface area (TPSA) is 52.0 Å². The fraction of sp³-hybridized carbons (Fsp3) is 0.227. The number of rotatable bonds is 7. The second-order valence-electron chi connectivity index (χ2n) is 7.07. The lowest BCUT2D eigenvalue weighted by molar-refractivity contribution is -0.885. The first-order valence-electron chi connectivity index (χ1n) is 9.36. The summed E-state index contributed by atoms with van der Waals surface area (Å²) in [6, 6.07) is 15.7. The van der Waals surface area contributed by atoms with Crippen molar-refractivity contribution in [1.29, 1.82) is 0 Å². The minimum atomic E-state index is -0.294. The van der Waals surface area contributed by atoms with Crippen LogP contribution in [-0.4, -0.2) is 26.3 Å². The van der Waals surface area contributed by atoms with Crippen molar-refractivity contribution in [2.75, 3.05) is 20.4 Å². The molecule has 0 aliphatic carbocycles. The molecule has 150 valence electrons. The Balaban J connectivity index is 1.40. The largest absolute Gasteiger partial charge is 0.454 e. The maximum absolute atomic E-state index is 13.3. The van der Waals surface area contributed by atoms with Gasteiger partial charge in [0.25, 0.3) is 5.91 Å². The molecular formula is C22H22FN2O3S+. The second kappa shape index (κ2) is 8.63. The summed E-state index contributed by atoms with van der Waals surface area (Å²) in [6.07, 6.45) is 0. The number of nitrogens with one attached hydrogen (secondary N) is 2. The van der Waals surface area contributed by atoms with E-state index in [1.165, 1.54) is 12.1 Å². The van der Waals surface area contributed by atoms with Crippen molar-refractivity contribution in [3.05, 3.63) is 81.8 Å². The lowest BCUT2D eigenvalue weighted by atomic mass is 10.1. The van der Waals surface area contributed by atoms with Crippen LogP contribution in [0.15, 0.2) is 60.0 Å². The van der Waals surface area contributed by atoms with Gasteiger partial charge >= 0.3 is 0 Å². The van der Waals surface area contributed by atoms with Gasteiger partial charge in [0.2, 0.25) is 6.79 Å². The maximum atomic E-state index is 13.3. The fourth-order valence-electron chi connectivity index (χ4n) is 3.38. The number of fused-ring (bicyclic) bond motifs is 1. The molecule has 0 saturated carbocycles. The molecule has 0 spiro atoms. The molecule has 7 heteroatoms. The van der Waals surface area contributed by atoms with Gasteiger partial charge in [0.15, 0.2) is 18.0 Å². The number of carbonyl (C=O) groups is 1. The third-order valence-electron chi connectivity index (χ3n) is 4.74. The number of hydrogen-bond donors (Lipinski definition) is 2. The number of halogens is 1. The summed E-state index contributed by atoms with van der Waals surface area (Å²) in [4.78, 5) is 14.8. The molecule has 2 N–H and O–H groups in total. The molecule has 1 aliphatic rings. The molecule has 1 unspecified atom stereocenters. The first-order valence-corrected chi connectivity index (χ1v) is 10.2. The van der Waals surface area contributed by atoms with Crippen LogP contribution in [0.25, 0.3) is 0 Å². The third-order valence-corrected chi connectivity index (χ3v) is 5.68. The maximum Gasteiger partial charge on any atom is 0.275 e. The Kier molecular flexibility index (Phi) is 5.78. The van der Waals surface area contributed by atoms with E-state index in [1.54, 1.807) is 23.5 Å². The Hall–Kier alpha value is -2.90. The van der Waals surface area contributed by atoms with E-state index in [1.807, 2.05) is 42.8 Å². The Morgan fingerprint density at radius 1 is 1.17 bits per heavy atom. The summed E-state index contributed by atoms with van der Waals surface area (Å²) in [6.45, 7) is 1.25. The van der Waals surface area contributed by atoms with Crippen LogP contribution in [0.2, 0.25) is 0 Å². The molecule has 1 aliphatic heterocycles. The van der Waals surface area contributed by atoms with Crippen LogP contribution in [0.4, 0.5) is 4.39 Å². The predicted molar refractivity (Wildman–Crippen MR) is 109 cm³/mol. The van der Waals surface area contributed by atoms with Crippen molar-refractivity contribution in [3.63, 3.8) is 0 Å². The summed E-state index contributed by atoms with van der Waals surface area (Å²) in [5, 5.41) is 5.06. The Labute approximate surface area is 172 Å². The average Bonchev–Trinajstić information content (AvgIpc) is 3.38. The number of likely N-dealkylation sites (N-methyl/N-ethyl adjacent to an activating group) is 1. The smallest absolute Gasteiger partial charge is 0.275 e. The van der Waals surface area contributed by atoms with Crippen LogP contribution in [-0.2, 0) is 11.3 Å². The van der Waals surface area contributed by atoms with E-state index in [2.05, 4.69) is 5.32 Å². The SMILES string of the molecule is C[NH+](CC(=O)N[C@H](c1ccc(F)cc1)c1cccs1)Cc1ccc2c(c1)OCO2. The second-order valence-corrected chi connectivity index (χ2v) is 8.05. The molecule has 5 nitrogen and oxygen atoms in total. The molecular weight excluding hydrogens is 391 g/mol. The lowest BCUT2D eigenvalue weighted by Crippen LogP contribution is -3.08.